The van der Waals surface area contributed by atoms with Gasteiger partial charge in [0.05, 0.1) is 17.0 Å². The Hall–Kier alpha value is -2.46. The van der Waals surface area contributed by atoms with Gasteiger partial charge in [0.1, 0.15) is 5.00 Å². The number of carboxylic acid groups (broad SMARTS) is 3. The molecule has 1 aromatic heterocycles. The van der Waals surface area contributed by atoms with Gasteiger partial charge in [-0.1, -0.05) is 0 Å². The molecule has 0 bridgehead atoms. The average Bonchev–Trinajstić information content (AvgIpc) is 2.75. The van der Waals surface area contributed by atoms with Crippen LogP contribution >= 0.6 is 11.3 Å². The molecule has 1 aliphatic heterocycles. The zero-order valence-corrected chi connectivity index (χ0v) is 11.1. The minimum atomic E-state index is -1.77. The highest BCUT2D eigenvalue weighted by Gasteiger charge is 2.35. The van der Waals surface area contributed by atoms with Crippen molar-refractivity contribution in [3.8, 4) is 0 Å². The molecule has 0 radical (unpaired) electrons. The SMILES string of the molecule is O=C(O)C(=O)Nc1sc2c(c1C(=O)O)CCOC2C(=O)O. The smallest absolute Gasteiger partial charge is 0.394 e. The Morgan fingerprint density at radius 1 is 1.19 bits per heavy atom. The largest absolute Gasteiger partial charge is 0.479 e. The van der Waals surface area contributed by atoms with Crippen molar-refractivity contribution in [2.24, 2.45) is 0 Å². The number of thiophene rings is 1. The molecule has 0 saturated carbocycles. The number of aliphatic carboxylic acids is 2. The molecule has 10 heteroatoms. The maximum Gasteiger partial charge on any atom is 0.394 e. The van der Waals surface area contributed by atoms with E-state index in [0.717, 1.165) is 0 Å². The van der Waals surface area contributed by atoms with Gasteiger partial charge < -0.3 is 25.4 Å². The average molecular weight is 315 g/mol. The molecule has 0 fully saturated rings. The van der Waals surface area contributed by atoms with Crippen molar-refractivity contribution in [1.82, 2.24) is 0 Å². The number of ether oxygens (including phenoxy) is 1. The Balaban J connectivity index is 2.51. The normalized spacial score (nSPS) is 16.9. The van der Waals surface area contributed by atoms with Crippen molar-refractivity contribution in [2.75, 3.05) is 11.9 Å². The number of anilines is 1. The summed E-state index contributed by atoms with van der Waals surface area (Å²) < 4.78 is 5.06. The summed E-state index contributed by atoms with van der Waals surface area (Å²) in [5.74, 6) is -5.84. The van der Waals surface area contributed by atoms with Crippen LogP contribution in [0.4, 0.5) is 5.00 Å². The van der Waals surface area contributed by atoms with Crippen LogP contribution < -0.4 is 5.32 Å². The first-order valence-electron chi connectivity index (χ1n) is 5.60. The molecule has 2 rings (SSSR count). The zero-order chi connectivity index (χ0) is 15.7. The van der Waals surface area contributed by atoms with E-state index in [1.165, 1.54) is 0 Å². The molecule has 0 saturated heterocycles. The molecular formula is C11H9NO8S. The Kier molecular flexibility index (Phi) is 3.91. The number of fused-ring (bicyclic) bond motifs is 1. The fraction of sp³-hybridized carbons (Fsp3) is 0.273. The number of rotatable bonds is 3. The lowest BCUT2D eigenvalue weighted by Gasteiger charge is -2.19. The van der Waals surface area contributed by atoms with Crippen LogP contribution in [0.1, 0.15) is 26.9 Å². The van der Waals surface area contributed by atoms with Gasteiger partial charge in [-0.25, -0.2) is 14.4 Å². The number of carbonyl (C=O) groups is 4. The molecule has 1 aliphatic rings. The second-order valence-electron chi connectivity index (χ2n) is 4.05. The van der Waals surface area contributed by atoms with Crippen LogP contribution in [-0.2, 0) is 25.5 Å². The van der Waals surface area contributed by atoms with E-state index in [4.69, 9.17) is 14.9 Å². The third kappa shape index (κ3) is 2.71. The van der Waals surface area contributed by atoms with Crippen molar-refractivity contribution >= 4 is 40.2 Å². The molecule has 2 heterocycles. The fourth-order valence-corrected chi connectivity index (χ4v) is 3.23. The van der Waals surface area contributed by atoms with Crippen molar-refractivity contribution in [3.05, 3.63) is 16.0 Å². The molecule has 1 unspecified atom stereocenters. The first kappa shape index (κ1) is 14.9. The maximum absolute atomic E-state index is 11.3. The number of amides is 1. The Morgan fingerprint density at radius 3 is 2.38 bits per heavy atom. The molecule has 0 spiro atoms. The standard InChI is InChI=1S/C11H9NO8S/c13-7(11(18)19)12-8-4(9(14)15)3-1-2-20-5(10(16)17)6(3)21-8/h5H,1-2H2,(H,12,13)(H,14,15)(H,16,17)(H,18,19). The van der Waals surface area contributed by atoms with Crippen molar-refractivity contribution in [1.29, 1.82) is 0 Å². The topological polar surface area (TPSA) is 150 Å². The lowest BCUT2D eigenvalue weighted by Crippen LogP contribution is -2.23. The number of aromatic carboxylic acids is 1. The summed E-state index contributed by atoms with van der Waals surface area (Å²) in [4.78, 5) is 44.2. The number of hydrogen-bond donors (Lipinski definition) is 4. The summed E-state index contributed by atoms with van der Waals surface area (Å²) >= 11 is 0.691. The third-order valence-corrected chi connectivity index (χ3v) is 3.96. The number of carboxylic acids is 3. The van der Waals surface area contributed by atoms with Gasteiger partial charge in [-0.3, -0.25) is 4.79 Å². The summed E-state index contributed by atoms with van der Waals surface area (Å²) in [7, 11) is 0. The van der Waals surface area contributed by atoms with Crippen LogP contribution in [0, 0.1) is 0 Å². The van der Waals surface area contributed by atoms with Crippen LogP contribution in [0.3, 0.4) is 0 Å². The lowest BCUT2D eigenvalue weighted by molar-refractivity contribution is -0.151. The van der Waals surface area contributed by atoms with Gasteiger partial charge in [-0.05, 0) is 12.0 Å². The van der Waals surface area contributed by atoms with Gasteiger partial charge in [0, 0.05) is 0 Å². The van der Waals surface area contributed by atoms with E-state index >= 15 is 0 Å². The van der Waals surface area contributed by atoms with Crippen LogP contribution in [0.15, 0.2) is 0 Å². The van der Waals surface area contributed by atoms with Crippen LogP contribution in [0.5, 0.6) is 0 Å². The molecule has 9 nitrogen and oxygen atoms in total. The number of carbonyl (C=O) groups excluding carboxylic acids is 1. The summed E-state index contributed by atoms with van der Waals surface area (Å²) in [6.07, 6.45) is -1.16. The Morgan fingerprint density at radius 2 is 1.86 bits per heavy atom. The van der Waals surface area contributed by atoms with Crippen molar-refractivity contribution in [2.45, 2.75) is 12.5 Å². The van der Waals surface area contributed by atoms with E-state index in [2.05, 4.69) is 0 Å². The van der Waals surface area contributed by atoms with Crippen molar-refractivity contribution < 1.29 is 39.2 Å². The molecule has 4 N–H and O–H groups in total. The predicted molar refractivity (Wildman–Crippen MR) is 67.6 cm³/mol. The first-order chi connectivity index (χ1) is 9.82. The lowest BCUT2D eigenvalue weighted by atomic mass is 10.0. The number of hydrogen-bond acceptors (Lipinski definition) is 6. The van der Waals surface area contributed by atoms with E-state index in [0.29, 0.717) is 11.3 Å². The maximum atomic E-state index is 11.3. The van der Waals surface area contributed by atoms with Gasteiger partial charge in [-0.15, -0.1) is 11.3 Å². The minimum Gasteiger partial charge on any atom is -0.479 e. The van der Waals surface area contributed by atoms with Crippen LogP contribution in [-0.4, -0.2) is 45.7 Å². The minimum absolute atomic E-state index is 0.0211. The van der Waals surface area contributed by atoms with Gasteiger partial charge >= 0.3 is 23.8 Å². The zero-order valence-electron chi connectivity index (χ0n) is 10.3. The highest BCUT2D eigenvalue weighted by atomic mass is 32.1. The summed E-state index contributed by atoms with van der Waals surface area (Å²) in [6.45, 7) is 0.0211. The molecule has 1 atom stereocenters. The quantitative estimate of drug-likeness (QED) is 0.576. The van der Waals surface area contributed by atoms with E-state index in [1.807, 2.05) is 5.32 Å². The third-order valence-electron chi connectivity index (χ3n) is 2.77. The second-order valence-corrected chi connectivity index (χ2v) is 5.10. The summed E-state index contributed by atoms with van der Waals surface area (Å²) in [5.41, 5.74) is -0.0500. The second kappa shape index (κ2) is 5.50. The van der Waals surface area contributed by atoms with E-state index in [1.54, 1.807) is 0 Å². The Labute approximate surface area is 120 Å². The fourth-order valence-electron chi connectivity index (χ4n) is 1.95. The monoisotopic (exact) mass is 315 g/mol. The molecule has 112 valence electrons. The van der Waals surface area contributed by atoms with Crippen LogP contribution in [0.2, 0.25) is 0 Å². The van der Waals surface area contributed by atoms with Gasteiger partial charge in [0.25, 0.3) is 0 Å². The number of nitrogens with one attached hydrogen (secondary N) is 1. The molecule has 21 heavy (non-hydrogen) atoms. The van der Waals surface area contributed by atoms with Gasteiger partial charge in [-0.2, -0.15) is 0 Å². The van der Waals surface area contributed by atoms with Gasteiger partial charge in [0.2, 0.25) is 0 Å². The first-order valence-corrected chi connectivity index (χ1v) is 6.42. The molecule has 1 amide bonds. The predicted octanol–water partition coefficient (Wildman–Crippen LogP) is 0.168. The summed E-state index contributed by atoms with van der Waals surface area (Å²) in [6, 6.07) is 0. The molecule has 1 aromatic rings. The van der Waals surface area contributed by atoms with E-state index < -0.39 is 29.9 Å². The van der Waals surface area contributed by atoms with Crippen molar-refractivity contribution in [3.63, 3.8) is 0 Å². The highest BCUT2D eigenvalue weighted by molar-refractivity contribution is 7.17. The molecule has 0 aromatic carbocycles. The van der Waals surface area contributed by atoms with E-state index in [9.17, 15) is 24.3 Å². The highest BCUT2D eigenvalue weighted by Crippen LogP contribution is 2.41. The van der Waals surface area contributed by atoms with E-state index in [-0.39, 0.29) is 34.0 Å². The van der Waals surface area contributed by atoms with Gasteiger partial charge in [0.15, 0.2) is 6.10 Å². The molecular weight excluding hydrogens is 306 g/mol. The summed E-state index contributed by atoms with van der Waals surface area (Å²) in [5, 5.41) is 28.5. The van der Waals surface area contributed by atoms with Crippen LogP contribution in [0.25, 0.3) is 0 Å². The Bertz CT molecular complexity index is 649. The molecule has 0 aliphatic carbocycles.